The molecular formula is C28H24N2O5S. The molecule has 36 heavy (non-hydrogen) atoms. The minimum Gasteiger partial charge on any atom is -0.508 e. The molecule has 0 saturated carbocycles. The van der Waals surface area contributed by atoms with Crippen LogP contribution in [0.1, 0.15) is 31.0 Å². The molecule has 0 unspecified atom stereocenters. The number of allylic oxidation sites excluding steroid dienone is 1. The zero-order valence-electron chi connectivity index (χ0n) is 20.0. The fourth-order valence-electron chi connectivity index (χ4n) is 4.52. The first-order chi connectivity index (χ1) is 17.4. The van der Waals surface area contributed by atoms with Gasteiger partial charge in [0.25, 0.3) is 5.56 Å². The quantitative estimate of drug-likeness (QED) is 0.423. The maximum atomic E-state index is 13.9. The topological polar surface area (TPSA) is 90.1 Å². The predicted molar refractivity (Wildman–Crippen MR) is 139 cm³/mol. The summed E-state index contributed by atoms with van der Waals surface area (Å²) < 4.78 is 13.2. The summed E-state index contributed by atoms with van der Waals surface area (Å²) in [6.45, 7) is 3.70. The van der Waals surface area contributed by atoms with Crippen molar-refractivity contribution >= 4 is 34.2 Å². The molecule has 1 N–H and O–H groups in total. The number of esters is 1. The van der Waals surface area contributed by atoms with Crippen LogP contribution in [-0.4, -0.2) is 29.4 Å². The lowest BCUT2D eigenvalue weighted by atomic mass is 9.90. The molecule has 0 bridgehead atoms. The van der Waals surface area contributed by atoms with E-state index in [0.717, 1.165) is 16.3 Å². The van der Waals surface area contributed by atoms with E-state index >= 15 is 0 Å². The van der Waals surface area contributed by atoms with Crippen LogP contribution in [0.25, 0.3) is 16.8 Å². The van der Waals surface area contributed by atoms with Crippen molar-refractivity contribution in [2.75, 3.05) is 13.7 Å². The third-order valence-electron chi connectivity index (χ3n) is 6.13. The molecule has 5 rings (SSSR count). The molecule has 1 aliphatic heterocycles. The number of hydrogen-bond donors (Lipinski definition) is 1. The molecular weight excluding hydrogens is 476 g/mol. The lowest BCUT2D eigenvalue weighted by Gasteiger charge is -2.27. The number of thiazole rings is 1. The second-order valence-corrected chi connectivity index (χ2v) is 9.31. The monoisotopic (exact) mass is 500 g/mol. The molecule has 0 fully saturated rings. The van der Waals surface area contributed by atoms with Gasteiger partial charge >= 0.3 is 5.97 Å². The molecule has 7 nitrogen and oxygen atoms in total. The van der Waals surface area contributed by atoms with Gasteiger partial charge < -0.3 is 14.6 Å². The number of phenolic OH excluding ortho intramolecular Hbond substituents is 1. The second kappa shape index (κ2) is 9.47. The maximum Gasteiger partial charge on any atom is 0.338 e. The summed E-state index contributed by atoms with van der Waals surface area (Å²) in [6, 6.07) is 17.4. The van der Waals surface area contributed by atoms with Gasteiger partial charge in [0.1, 0.15) is 17.5 Å². The Labute approximate surface area is 210 Å². The van der Waals surface area contributed by atoms with Gasteiger partial charge in [-0.1, -0.05) is 53.8 Å². The van der Waals surface area contributed by atoms with Crippen LogP contribution < -0.4 is 19.6 Å². The van der Waals surface area contributed by atoms with Gasteiger partial charge in [-0.3, -0.25) is 9.36 Å². The highest BCUT2D eigenvalue weighted by Gasteiger charge is 2.36. The van der Waals surface area contributed by atoms with Crippen molar-refractivity contribution < 1.29 is 19.4 Å². The van der Waals surface area contributed by atoms with Crippen LogP contribution in [0.3, 0.4) is 0 Å². The summed E-state index contributed by atoms with van der Waals surface area (Å²) in [5.74, 6) is 0.182. The minimum atomic E-state index is -0.789. The van der Waals surface area contributed by atoms with E-state index in [1.54, 1.807) is 55.9 Å². The first-order valence-electron chi connectivity index (χ1n) is 11.5. The van der Waals surface area contributed by atoms with Crippen LogP contribution in [0.2, 0.25) is 0 Å². The van der Waals surface area contributed by atoms with E-state index in [-0.39, 0.29) is 17.9 Å². The van der Waals surface area contributed by atoms with Crippen LogP contribution >= 0.6 is 11.3 Å². The fourth-order valence-corrected chi connectivity index (χ4v) is 5.57. The molecule has 0 saturated heterocycles. The SMILES string of the molecule is CCOC(=O)C1=C(C)N=c2s/c(=C/c3ccc(O)cc3)c(=O)n2[C@@H]1c1c(OC)ccc2ccccc12. The molecule has 2 heterocycles. The number of hydrogen-bond acceptors (Lipinski definition) is 7. The Morgan fingerprint density at radius 2 is 1.89 bits per heavy atom. The Balaban J connectivity index is 1.84. The molecule has 0 spiro atoms. The molecule has 8 heteroatoms. The lowest BCUT2D eigenvalue weighted by molar-refractivity contribution is -0.139. The third kappa shape index (κ3) is 3.99. The Kier molecular flexibility index (Phi) is 6.20. The van der Waals surface area contributed by atoms with Crippen molar-refractivity contribution in [3.05, 3.63) is 103 Å². The van der Waals surface area contributed by atoms with E-state index in [4.69, 9.17) is 9.47 Å². The molecule has 1 aliphatic rings. The van der Waals surface area contributed by atoms with E-state index in [1.807, 2.05) is 36.4 Å². The largest absolute Gasteiger partial charge is 0.508 e. The normalized spacial score (nSPS) is 15.5. The van der Waals surface area contributed by atoms with Crippen molar-refractivity contribution in [1.29, 1.82) is 0 Å². The number of aromatic hydroxyl groups is 1. The summed E-state index contributed by atoms with van der Waals surface area (Å²) >= 11 is 1.25. The number of carbonyl (C=O) groups excluding carboxylic acids is 1. The number of phenols is 1. The van der Waals surface area contributed by atoms with E-state index < -0.39 is 12.0 Å². The highest BCUT2D eigenvalue weighted by atomic mass is 32.1. The van der Waals surface area contributed by atoms with Gasteiger partial charge in [0, 0.05) is 5.56 Å². The zero-order chi connectivity index (χ0) is 25.4. The maximum absolute atomic E-state index is 13.9. The van der Waals surface area contributed by atoms with Gasteiger partial charge in [0.2, 0.25) is 0 Å². The van der Waals surface area contributed by atoms with Crippen molar-refractivity contribution in [1.82, 2.24) is 4.57 Å². The summed E-state index contributed by atoms with van der Waals surface area (Å²) in [7, 11) is 1.57. The van der Waals surface area contributed by atoms with Gasteiger partial charge in [0.05, 0.1) is 29.5 Å². The molecule has 0 aliphatic carbocycles. The average molecular weight is 501 g/mol. The number of rotatable bonds is 5. The fraction of sp³-hybridized carbons (Fsp3) is 0.179. The number of ether oxygens (including phenoxy) is 2. The van der Waals surface area contributed by atoms with Gasteiger partial charge in [-0.2, -0.15) is 0 Å². The molecule has 1 atom stereocenters. The second-order valence-electron chi connectivity index (χ2n) is 8.30. The lowest BCUT2D eigenvalue weighted by Crippen LogP contribution is -2.40. The van der Waals surface area contributed by atoms with Crippen molar-refractivity contribution in [3.8, 4) is 11.5 Å². The third-order valence-corrected chi connectivity index (χ3v) is 7.11. The molecule has 0 amide bonds. The van der Waals surface area contributed by atoms with Crippen molar-refractivity contribution in [2.24, 2.45) is 4.99 Å². The minimum absolute atomic E-state index is 0.145. The van der Waals surface area contributed by atoms with E-state index in [2.05, 4.69) is 4.99 Å². The summed E-state index contributed by atoms with van der Waals surface area (Å²) in [6.07, 6.45) is 1.75. The van der Waals surface area contributed by atoms with E-state index in [0.29, 0.717) is 31.9 Å². The first kappa shape index (κ1) is 23.6. The average Bonchev–Trinajstić information content (AvgIpc) is 3.18. The summed E-state index contributed by atoms with van der Waals surface area (Å²) in [5.41, 5.74) is 1.98. The number of carbonyl (C=O) groups is 1. The highest BCUT2D eigenvalue weighted by molar-refractivity contribution is 7.07. The number of aromatic nitrogens is 1. The molecule has 3 aromatic carbocycles. The molecule has 1 aromatic heterocycles. The van der Waals surface area contributed by atoms with Crippen LogP contribution in [0.4, 0.5) is 0 Å². The Morgan fingerprint density at radius 1 is 1.14 bits per heavy atom. The van der Waals surface area contributed by atoms with Crippen molar-refractivity contribution in [2.45, 2.75) is 19.9 Å². The molecule has 4 aromatic rings. The van der Waals surface area contributed by atoms with E-state index in [1.165, 1.54) is 11.3 Å². The summed E-state index contributed by atoms with van der Waals surface area (Å²) in [5, 5.41) is 11.4. The van der Waals surface area contributed by atoms with Gasteiger partial charge in [0.15, 0.2) is 4.80 Å². The Hall–Kier alpha value is -4.17. The van der Waals surface area contributed by atoms with Crippen LogP contribution in [-0.2, 0) is 9.53 Å². The number of fused-ring (bicyclic) bond motifs is 2. The highest BCUT2D eigenvalue weighted by Crippen LogP contribution is 2.40. The van der Waals surface area contributed by atoms with Gasteiger partial charge in [-0.15, -0.1) is 0 Å². The van der Waals surface area contributed by atoms with Crippen molar-refractivity contribution in [3.63, 3.8) is 0 Å². The van der Waals surface area contributed by atoms with Crippen LogP contribution in [0, 0.1) is 0 Å². The van der Waals surface area contributed by atoms with Crippen LogP contribution in [0.15, 0.2) is 81.7 Å². The summed E-state index contributed by atoms with van der Waals surface area (Å²) in [4.78, 5) is 32.2. The van der Waals surface area contributed by atoms with Crippen LogP contribution in [0.5, 0.6) is 11.5 Å². The Bertz CT molecular complexity index is 1700. The number of nitrogens with zero attached hydrogens (tertiary/aromatic N) is 2. The molecule has 0 radical (unpaired) electrons. The zero-order valence-corrected chi connectivity index (χ0v) is 20.8. The smallest absolute Gasteiger partial charge is 0.338 e. The number of benzene rings is 3. The number of methoxy groups -OCH3 is 1. The Morgan fingerprint density at radius 3 is 2.61 bits per heavy atom. The van der Waals surface area contributed by atoms with E-state index in [9.17, 15) is 14.7 Å². The van der Waals surface area contributed by atoms with Gasteiger partial charge in [-0.05, 0) is 54.5 Å². The van der Waals surface area contributed by atoms with Gasteiger partial charge in [-0.25, -0.2) is 9.79 Å². The predicted octanol–water partition coefficient (Wildman–Crippen LogP) is 3.67. The standard InChI is InChI=1S/C28H24N2O5S/c1-4-35-27(33)23-16(2)29-28-30(26(32)22(36-28)15-17-9-12-19(31)13-10-17)25(23)24-20-8-6-5-7-18(20)11-14-21(24)34-3/h5-15,25,31H,4H2,1-3H3/b22-15+/t25-/m0/s1. The molecule has 182 valence electrons. The first-order valence-corrected chi connectivity index (χ1v) is 12.3.